The van der Waals surface area contributed by atoms with Crippen molar-refractivity contribution in [2.45, 2.75) is 0 Å². The third-order valence-electron chi connectivity index (χ3n) is 0. The van der Waals surface area contributed by atoms with Crippen LogP contribution in [0.4, 0.5) is 0 Å². The van der Waals surface area contributed by atoms with Crippen LogP contribution in [0, 0.1) is 0 Å². The zero-order valence-corrected chi connectivity index (χ0v) is 5.43. The quantitative estimate of drug-likeness (QED) is 0.379. The molecule has 0 spiro atoms. The Hall–Kier alpha value is 0.420. The number of hydrogen-bond donors (Lipinski definition) is 0. The summed E-state index contributed by atoms with van der Waals surface area (Å²) in [6.45, 7) is 4.07. The summed E-state index contributed by atoms with van der Waals surface area (Å²) in [7, 11) is 0. The van der Waals surface area contributed by atoms with Gasteiger partial charge in [-0.25, -0.2) is 0 Å². The number of rotatable bonds is 0. The van der Waals surface area contributed by atoms with Gasteiger partial charge < -0.3 is 0 Å². The van der Waals surface area contributed by atoms with Crippen molar-refractivity contribution in [1.82, 2.24) is 0 Å². The highest BCUT2D eigenvalue weighted by Crippen LogP contribution is 2.31. The molecule has 0 N–H and O–H groups in total. The van der Waals surface area contributed by atoms with Crippen LogP contribution in [-0.4, -0.2) is 0 Å². The van der Waals surface area contributed by atoms with Gasteiger partial charge in [-0.2, -0.15) is 0 Å². The lowest BCUT2D eigenvalue weighted by Crippen LogP contribution is -0.953. The van der Waals surface area contributed by atoms with Gasteiger partial charge in [0, 0.05) is 0 Å². The highest BCUT2D eigenvalue weighted by molar-refractivity contribution is 7.95. The fraction of sp³-hybridized carbons (Fsp3) is 0. The van der Waals surface area contributed by atoms with Gasteiger partial charge in [-0.1, -0.05) is 0 Å². The lowest BCUT2D eigenvalue weighted by Gasteiger charge is -1.22. The number of hydrogen-bond acceptors (Lipinski definition) is 1. The molecule has 0 amide bonds. The first-order valence-corrected chi connectivity index (χ1v) is 4.09. The Kier molecular flexibility index (Phi) is 14.6. The lowest BCUT2D eigenvalue weighted by molar-refractivity contribution is 0.602. The zero-order valence-electron chi connectivity index (χ0n) is 3.03. The highest BCUT2D eigenvalue weighted by atomic mass is 35.9. The van der Waals surface area contributed by atoms with Crippen LogP contribution in [-0.2, 0) is 4.57 Å². The van der Waals surface area contributed by atoms with E-state index in [1.807, 2.05) is 0 Å². The van der Waals surface area contributed by atoms with E-state index in [1.165, 1.54) is 0 Å². The maximum atomic E-state index is 9.12. The van der Waals surface area contributed by atoms with E-state index in [0.717, 1.165) is 0 Å². The molecule has 0 aromatic rings. The lowest BCUT2D eigenvalue weighted by atomic mass is 11.3. The molecule has 36 valence electrons. The van der Waals surface area contributed by atoms with Crippen molar-refractivity contribution in [3.8, 4) is 0 Å². The molecule has 0 fully saturated rings. The van der Waals surface area contributed by atoms with E-state index in [9.17, 15) is 0 Å². The molecule has 0 heterocycles. The normalized spacial score (nSPS) is 5.00. The van der Waals surface area contributed by atoms with Gasteiger partial charge in [-0.05, 0) is 4.57 Å². The molecule has 0 saturated heterocycles. The van der Waals surface area contributed by atoms with Crippen LogP contribution in [0.2, 0.25) is 0 Å². The molecule has 0 radical (unpaired) electrons. The van der Waals surface area contributed by atoms with Gasteiger partial charge in [-0.3, -0.25) is 0 Å². The summed E-state index contributed by atoms with van der Waals surface area (Å²) < 4.78 is 9.12. The summed E-state index contributed by atoms with van der Waals surface area (Å²) in [6.07, 6.45) is 0. The first-order valence-electron chi connectivity index (χ1n) is 1.02. The second-order valence-electron chi connectivity index (χ2n) is 0.202. The van der Waals surface area contributed by atoms with Crippen LogP contribution in [0.25, 0.3) is 0 Å². The molecule has 0 aromatic carbocycles. The Morgan fingerprint density at radius 2 is 1.33 bits per heavy atom. The Morgan fingerprint density at radius 3 is 1.33 bits per heavy atom. The molecule has 0 atom stereocenters. The standard InChI is InChI=1S/C2H4.Cl2OP/c1-2;1-4(2)3/h1-2H2;/q;+1. The van der Waals surface area contributed by atoms with Gasteiger partial charge in [0.15, 0.2) is 0 Å². The Morgan fingerprint density at radius 1 is 1.33 bits per heavy atom. The smallest absolute Gasteiger partial charge is 0.106 e. The number of halogens is 2. The van der Waals surface area contributed by atoms with Crippen molar-refractivity contribution >= 4 is 29.0 Å². The molecule has 0 aliphatic heterocycles. The second-order valence-corrected chi connectivity index (χ2v) is 2.97. The van der Waals surface area contributed by atoms with E-state index < -0.39 is 6.51 Å². The average molecular weight is 146 g/mol. The zero-order chi connectivity index (χ0) is 5.58. The second kappa shape index (κ2) is 9.05. The Balaban J connectivity index is 0. The summed E-state index contributed by atoms with van der Waals surface area (Å²) in [5.74, 6) is 0. The largest absolute Gasteiger partial charge is 0.575 e. The van der Waals surface area contributed by atoms with Crippen LogP contribution in [0.5, 0.6) is 0 Å². The summed E-state index contributed by atoms with van der Waals surface area (Å²) in [4.78, 5) is 0. The van der Waals surface area contributed by atoms with Gasteiger partial charge in [0.25, 0.3) is 0 Å². The molecule has 6 heavy (non-hydrogen) atoms. The van der Waals surface area contributed by atoms with Gasteiger partial charge >= 0.3 is 6.51 Å². The van der Waals surface area contributed by atoms with Crippen LogP contribution in [0.1, 0.15) is 0 Å². The van der Waals surface area contributed by atoms with Gasteiger partial charge in [-0.15, -0.1) is 13.2 Å². The van der Waals surface area contributed by atoms with Crippen molar-refractivity contribution < 1.29 is 4.57 Å². The van der Waals surface area contributed by atoms with Gasteiger partial charge in [0.05, 0.1) is 0 Å². The third kappa shape index (κ3) is 293. The molecular formula is C2H4Cl2OP+. The summed E-state index contributed by atoms with van der Waals surface area (Å²) >= 11 is 9.10. The van der Waals surface area contributed by atoms with E-state index >= 15 is 0 Å². The van der Waals surface area contributed by atoms with Gasteiger partial charge in [0.1, 0.15) is 0 Å². The Labute approximate surface area is 47.3 Å². The molecule has 0 aromatic heterocycles. The SMILES string of the molecule is C=C.O=[P+](Cl)Cl. The van der Waals surface area contributed by atoms with Crippen molar-refractivity contribution in [1.29, 1.82) is 0 Å². The van der Waals surface area contributed by atoms with E-state index in [0.29, 0.717) is 0 Å². The summed E-state index contributed by atoms with van der Waals surface area (Å²) in [5.41, 5.74) is 0. The molecule has 0 aliphatic carbocycles. The van der Waals surface area contributed by atoms with Crippen molar-refractivity contribution in [2.75, 3.05) is 0 Å². The van der Waals surface area contributed by atoms with Crippen LogP contribution < -0.4 is 0 Å². The predicted molar refractivity (Wildman–Crippen MR) is 30.6 cm³/mol. The fourth-order valence-electron chi connectivity index (χ4n) is 0. The third-order valence-corrected chi connectivity index (χ3v) is 0. The maximum absolute atomic E-state index is 9.12. The summed E-state index contributed by atoms with van der Waals surface area (Å²) in [6, 6.07) is 0. The predicted octanol–water partition coefficient (Wildman–Crippen LogP) is 2.92. The first kappa shape index (κ1) is 9.65. The van der Waals surface area contributed by atoms with Crippen molar-refractivity contribution in [2.24, 2.45) is 0 Å². The van der Waals surface area contributed by atoms with Crippen LogP contribution in [0.3, 0.4) is 0 Å². The van der Waals surface area contributed by atoms with Crippen LogP contribution in [0.15, 0.2) is 13.2 Å². The summed E-state index contributed by atoms with van der Waals surface area (Å²) in [5, 5.41) is 0. The monoisotopic (exact) mass is 145 g/mol. The van der Waals surface area contributed by atoms with E-state index in [-0.39, 0.29) is 0 Å². The van der Waals surface area contributed by atoms with Crippen molar-refractivity contribution in [3.63, 3.8) is 0 Å². The molecule has 0 saturated carbocycles. The highest BCUT2D eigenvalue weighted by Gasteiger charge is 1.97. The molecular weight excluding hydrogens is 142 g/mol. The Bertz CT molecular complexity index is 42.8. The first-order chi connectivity index (χ1) is 2.73. The fourth-order valence-corrected chi connectivity index (χ4v) is 0. The van der Waals surface area contributed by atoms with E-state index in [2.05, 4.69) is 35.6 Å². The van der Waals surface area contributed by atoms with Crippen molar-refractivity contribution in [3.05, 3.63) is 13.2 Å². The maximum Gasteiger partial charge on any atom is 0.575 e. The average Bonchev–Trinajstić information content (AvgIpc) is 1.41. The van der Waals surface area contributed by atoms with Crippen LogP contribution >= 0.6 is 29.0 Å². The molecule has 0 unspecified atom stereocenters. The molecule has 0 bridgehead atoms. The molecule has 0 aliphatic rings. The molecule has 1 nitrogen and oxygen atoms in total. The molecule has 0 rings (SSSR count). The van der Waals surface area contributed by atoms with E-state index in [1.54, 1.807) is 0 Å². The minimum Gasteiger partial charge on any atom is -0.106 e. The minimum absolute atomic E-state index is 1.93. The van der Waals surface area contributed by atoms with E-state index in [4.69, 9.17) is 4.57 Å². The topological polar surface area (TPSA) is 17.1 Å². The minimum atomic E-state index is -1.93. The molecule has 4 heteroatoms. The van der Waals surface area contributed by atoms with Gasteiger partial charge in [0.2, 0.25) is 22.5 Å².